The van der Waals surface area contributed by atoms with Crippen molar-refractivity contribution in [3.8, 4) is 17.2 Å². The first-order valence-corrected chi connectivity index (χ1v) is 14.6. The van der Waals surface area contributed by atoms with E-state index in [1.807, 2.05) is 31.2 Å². The molecule has 3 rings (SSSR count). The molecule has 1 aliphatic heterocycles. The average molecular weight is 548 g/mol. The summed E-state index contributed by atoms with van der Waals surface area (Å²) >= 11 is 0. The van der Waals surface area contributed by atoms with Crippen LogP contribution in [0.1, 0.15) is 38.7 Å². The lowest BCUT2D eigenvalue weighted by Crippen LogP contribution is -2.47. The van der Waals surface area contributed by atoms with Crippen LogP contribution in [0.15, 0.2) is 42.5 Å². The number of rotatable bonds is 13. The van der Waals surface area contributed by atoms with Crippen molar-refractivity contribution >= 4 is 27.5 Å². The van der Waals surface area contributed by atoms with Gasteiger partial charge in [0.1, 0.15) is 25.0 Å². The van der Waals surface area contributed by atoms with Crippen LogP contribution >= 0.6 is 0 Å². The van der Waals surface area contributed by atoms with Gasteiger partial charge in [0, 0.05) is 32.1 Å². The van der Waals surface area contributed by atoms with Gasteiger partial charge in [0.25, 0.3) is 0 Å². The number of nitrogens with zero attached hydrogens (tertiary/aromatic N) is 2. The van der Waals surface area contributed by atoms with Crippen molar-refractivity contribution in [2.24, 2.45) is 0 Å². The second-order valence-corrected chi connectivity index (χ2v) is 11.0. The SMILES string of the molecule is CCCNC(=O)[C@@H](C)N(Cc1cccc(OC)c1)C(=O)CCCN(c1ccc2c(c1)OCCO2)S(C)(=O)=O. The number of carbonyl (C=O) groups is 2. The van der Waals surface area contributed by atoms with E-state index in [1.165, 1.54) is 9.21 Å². The molecule has 0 saturated heterocycles. The summed E-state index contributed by atoms with van der Waals surface area (Å²) < 4.78 is 42.9. The molecule has 2 aromatic carbocycles. The Morgan fingerprint density at radius 2 is 1.84 bits per heavy atom. The summed E-state index contributed by atoms with van der Waals surface area (Å²) in [4.78, 5) is 27.7. The Bertz CT molecular complexity index is 1220. The first-order chi connectivity index (χ1) is 18.1. The number of sulfonamides is 1. The van der Waals surface area contributed by atoms with Crippen molar-refractivity contribution in [1.29, 1.82) is 0 Å². The van der Waals surface area contributed by atoms with Gasteiger partial charge in [-0.3, -0.25) is 13.9 Å². The highest BCUT2D eigenvalue weighted by Gasteiger charge is 2.27. The molecule has 1 aliphatic rings. The summed E-state index contributed by atoms with van der Waals surface area (Å²) in [5.74, 6) is 1.21. The summed E-state index contributed by atoms with van der Waals surface area (Å²) in [6, 6.07) is 11.6. The predicted molar refractivity (Wildman–Crippen MR) is 145 cm³/mol. The monoisotopic (exact) mass is 547 g/mol. The van der Waals surface area contributed by atoms with E-state index in [9.17, 15) is 18.0 Å². The molecule has 11 heteroatoms. The fourth-order valence-corrected chi connectivity index (χ4v) is 5.09. The number of hydrogen-bond acceptors (Lipinski definition) is 7. The van der Waals surface area contributed by atoms with Crippen LogP contribution in [0.4, 0.5) is 5.69 Å². The molecule has 2 aromatic rings. The molecular weight excluding hydrogens is 510 g/mol. The van der Waals surface area contributed by atoms with E-state index >= 15 is 0 Å². The minimum atomic E-state index is -3.62. The number of nitrogens with one attached hydrogen (secondary N) is 1. The Morgan fingerprint density at radius 3 is 2.53 bits per heavy atom. The Kier molecular flexibility index (Phi) is 10.2. The Morgan fingerprint density at radius 1 is 1.11 bits per heavy atom. The lowest BCUT2D eigenvalue weighted by atomic mass is 10.1. The van der Waals surface area contributed by atoms with E-state index in [1.54, 1.807) is 32.2 Å². The summed E-state index contributed by atoms with van der Waals surface area (Å²) in [6.45, 7) is 5.30. The third-order valence-electron chi connectivity index (χ3n) is 6.17. The first-order valence-electron chi connectivity index (χ1n) is 12.7. The highest BCUT2D eigenvalue weighted by Crippen LogP contribution is 2.34. The largest absolute Gasteiger partial charge is 0.497 e. The molecule has 0 fully saturated rings. The number of hydrogen-bond donors (Lipinski definition) is 1. The van der Waals surface area contributed by atoms with Gasteiger partial charge in [-0.2, -0.15) is 0 Å². The molecule has 0 aliphatic carbocycles. The zero-order valence-electron chi connectivity index (χ0n) is 22.4. The standard InChI is InChI=1S/C27H37N3O7S/c1-5-13-28-27(32)20(2)29(19-21-8-6-9-23(17-21)35-3)26(31)10-7-14-30(38(4,33)34)22-11-12-24-25(18-22)37-16-15-36-24/h6,8-9,11-12,17-18,20H,5,7,10,13-16,19H2,1-4H3,(H,28,32)/t20-/m1/s1. The Hall–Kier alpha value is -3.47. The molecule has 0 spiro atoms. The number of carbonyl (C=O) groups excluding carboxylic acids is 2. The average Bonchev–Trinajstić information content (AvgIpc) is 2.91. The minimum absolute atomic E-state index is 0.0614. The molecular formula is C27H37N3O7S. The highest BCUT2D eigenvalue weighted by atomic mass is 32.2. The second-order valence-electron chi connectivity index (χ2n) is 9.11. The quantitative estimate of drug-likeness (QED) is 0.410. The Labute approximate surface area is 224 Å². The zero-order valence-corrected chi connectivity index (χ0v) is 23.3. The smallest absolute Gasteiger partial charge is 0.242 e. The molecule has 0 saturated carbocycles. The van der Waals surface area contributed by atoms with Crippen LogP contribution in [0.2, 0.25) is 0 Å². The van der Waals surface area contributed by atoms with Gasteiger partial charge in [0.05, 0.1) is 19.1 Å². The van der Waals surface area contributed by atoms with Crippen molar-refractivity contribution < 1.29 is 32.2 Å². The molecule has 0 aromatic heterocycles. The van der Waals surface area contributed by atoms with Gasteiger partial charge in [-0.05, 0) is 49.6 Å². The van der Waals surface area contributed by atoms with E-state index in [0.29, 0.717) is 42.7 Å². The molecule has 1 atom stereocenters. The number of benzene rings is 2. The second kappa shape index (κ2) is 13.4. The molecule has 208 valence electrons. The summed E-state index contributed by atoms with van der Waals surface area (Å²) in [5.41, 5.74) is 1.26. The molecule has 10 nitrogen and oxygen atoms in total. The van der Waals surface area contributed by atoms with Crippen molar-refractivity contribution in [2.45, 2.75) is 45.7 Å². The van der Waals surface area contributed by atoms with Crippen molar-refractivity contribution in [1.82, 2.24) is 10.2 Å². The third kappa shape index (κ3) is 7.77. The summed E-state index contributed by atoms with van der Waals surface area (Å²) in [6.07, 6.45) is 2.23. The normalized spacial score (nSPS) is 13.4. The summed E-state index contributed by atoms with van der Waals surface area (Å²) in [7, 11) is -2.06. The van der Waals surface area contributed by atoms with Crippen LogP contribution in [-0.4, -0.2) is 70.8 Å². The fourth-order valence-electron chi connectivity index (χ4n) is 4.14. The maximum absolute atomic E-state index is 13.4. The van der Waals surface area contributed by atoms with Gasteiger partial charge >= 0.3 is 0 Å². The molecule has 38 heavy (non-hydrogen) atoms. The molecule has 0 radical (unpaired) electrons. The number of methoxy groups -OCH3 is 1. The first kappa shape index (κ1) is 29.1. The molecule has 1 N–H and O–H groups in total. The van der Waals surface area contributed by atoms with Crippen LogP contribution in [0.3, 0.4) is 0 Å². The topological polar surface area (TPSA) is 114 Å². The third-order valence-corrected chi connectivity index (χ3v) is 7.36. The van der Waals surface area contributed by atoms with Crippen LogP contribution in [0.25, 0.3) is 0 Å². The maximum Gasteiger partial charge on any atom is 0.242 e. The predicted octanol–water partition coefficient (Wildman–Crippen LogP) is 2.96. The van der Waals surface area contributed by atoms with Gasteiger partial charge in [-0.15, -0.1) is 0 Å². The molecule has 0 unspecified atom stereocenters. The van der Waals surface area contributed by atoms with Gasteiger partial charge in [0.15, 0.2) is 11.5 Å². The summed E-state index contributed by atoms with van der Waals surface area (Å²) in [5, 5.41) is 2.85. The van der Waals surface area contributed by atoms with Gasteiger partial charge in [-0.25, -0.2) is 8.42 Å². The van der Waals surface area contributed by atoms with Crippen LogP contribution in [-0.2, 0) is 26.2 Å². The minimum Gasteiger partial charge on any atom is -0.497 e. The van der Waals surface area contributed by atoms with E-state index in [-0.39, 0.29) is 37.7 Å². The van der Waals surface area contributed by atoms with E-state index in [4.69, 9.17) is 14.2 Å². The number of amides is 2. The van der Waals surface area contributed by atoms with Crippen LogP contribution < -0.4 is 23.8 Å². The number of anilines is 1. The van der Waals surface area contributed by atoms with E-state index in [2.05, 4.69) is 5.32 Å². The van der Waals surface area contributed by atoms with Crippen LogP contribution in [0.5, 0.6) is 17.2 Å². The van der Waals surface area contributed by atoms with Crippen molar-refractivity contribution in [3.05, 3.63) is 48.0 Å². The van der Waals surface area contributed by atoms with Gasteiger partial charge in [-0.1, -0.05) is 19.1 Å². The fraction of sp³-hybridized carbons (Fsp3) is 0.481. The molecule has 0 bridgehead atoms. The Balaban J connectivity index is 1.74. The maximum atomic E-state index is 13.4. The van der Waals surface area contributed by atoms with Gasteiger partial charge < -0.3 is 24.4 Å². The van der Waals surface area contributed by atoms with Gasteiger partial charge in [0.2, 0.25) is 21.8 Å². The van der Waals surface area contributed by atoms with Crippen molar-refractivity contribution in [3.63, 3.8) is 0 Å². The highest BCUT2D eigenvalue weighted by molar-refractivity contribution is 7.92. The lowest BCUT2D eigenvalue weighted by molar-refractivity contribution is -0.140. The van der Waals surface area contributed by atoms with Crippen molar-refractivity contribution in [2.75, 3.05) is 44.0 Å². The van der Waals surface area contributed by atoms with Crippen LogP contribution in [0, 0.1) is 0 Å². The zero-order chi connectivity index (χ0) is 27.7. The lowest BCUT2D eigenvalue weighted by Gasteiger charge is -2.29. The molecule has 2 amide bonds. The van der Waals surface area contributed by atoms with E-state index in [0.717, 1.165) is 18.2 Å². The number of fused-ring (bicyclic) bond motifs is 1. The number of ether oxygens (including phenoxy) is 3. The van der Waals surface area contributed by atoms with E-state index < -0.39 is 16.1 Å². The molecule has 1 heterocycles.